The smallest absolute Gasteiger partial charge is 0.123 e. The Labute approximate surface area is 117 Å². The molecule has 1 aliphatic carbocycles. The lowest BCUT2D eigenvalue weighted by Gasteiger charge is -2.34. The van der Waals surface area contributed by atoms with Crippen LogP contribution in [0.5, 0.6) is 5.75 Å². The Morgan fingerprint density at radius 3 is 2.58 bits per heavy atom. The number of para-hydroxylation sites is 1. The molecule has 19 heavy (non-hydrogen) atoms. The summed E-state index contributed by atoms with van der Waals surface area (Å²) in [6, 6.07) is 9.30. The van der Waals surface area contributed by atoms with Gasteiger partial charge in [-0.3, -0.25) is 0 Å². The number of benzene rings is 1. The predicted octanol–water partition coefficient (Wildman–Crippen LogP) is 4.17. The molecule has 1 aromatic rings. The van der Waals surface area contributed by atoms with Crippen LogP contribution in [0.2, 0.25) is 0 Å². The second-order valence-electron chi connectivity index (χ2n) is 6.09. The maximum atomic E-state index is 5.45. The summed E-state index contributed by atoms with van der Waals surface area (Å²) in [5.41, 5.74) is 1.26. The lowest BCUT2D eigenvalue weighted by molar-refractivity contribution is 0.216. The van der Waals surface area contributed by atoms with Crippen LogP contribution >= 0.6 is 0 Å². The third-order valence-electron chi connectivity index (χ3n) is 4.69. The van der Waals surface area contributed by atoms with E-state index in [9.17, 15) is 0 Å². The van der Waals surface area contributed by atoms with Crippen LogP contribution in [0.15, 0.2) is 24.3 Å². The lowest BCUT2D eigenvalue weighted by atomic mass is 9.79. The molecule has 0 aromatic heterocycles. The molecule has 1 N–H and O–H groups in total. The average Bonchev–Trinajstić information content (AvgIpc) is 2.43. The molecule has 1 aromatic carbocycles. The summed E-state index contributed by atoms with van der Waals surface area (Å²) in [7, 11) is 1.75. The SMILES string of the molecule is COc1ccccc1C(C)NC1CCC(C)C(C)C1. The maximum absolute atomic E-state index is 5.45. The number of methoxy groups -OCH3 is 1. The first-order valence-electron chi connectivity index (χ1n) is 7.50. The molecule has 4 unspecified atom stereocenters. The van der Waals surface area contributed by atoms with Gasteiger partial charge in [-0.15, -0.1) is 0 Å². The summed E-state index contributed by atoms with van der Waals surface area (Å²) in [4.78, 5) is 0. The van der Waals surface area contributed by atoms with Crippen LogP contribution in [-0.4, -0.2) is 13.2 Å². The second-order valence-corrected chi connectivity index (χ2v) is 6.09. The highest BCUT2D eigenvalue weighted by Crippen LogP contribution is 2.31. The third-order valence-corrected chi connectivity index (χ3v) is 4.69. The van der Waals surface area contributed by atoms with Gasteiger partial charge in [-0.05, 0) is 44.1 Å². The maximum Gasteiger partial charge on any atom is 0.123 e. The summed E-state index contributed by atoms with van der Waals surface area (Å²) in [6.07, 6.45) is 3.93. The highest BCUT2D eigenvalue weighted by Gasteiger charge is 2.25. The minimum atomic E-state index is 0.349. The molecule has 1 aliphatic rings. The molecule has 0 heterocycles. The van der Waals surface area contributed by atoms with Crippen molar-refractivity contribution in [2.24, 2.45) is 11.8 Å². The fourth-order valence-electron chi connectivity index (χ4n) is 3.17. The van der Waals surface area contributed by atoms with Crippen molar-refractivity contribution in [2.75, 3.05) is 7.11 Å². The summed E-state index contributed by atoms with van der Waals surface area (Å²) in [6.45, 7) is 7.00. The average molecular weight is 261 g/mol. The molecule has 2 heteroatoms. The fraction of sp³-hybridized carbons (Fsp3) is 0.647. The van der Waals surface area contributed by atoms with Crippen LogP contribution in [0, 0.1) is 11.8 Å². The van der Waals surface area contributed by atoms with Gasteiger partial charge in [0.1, 0.15) is 5.75 Å². The number of hydrogen-bond acceptors (Lipinski definition) is 2. The van der Waals surface area contributed by atoms with Crippen molar-refractivity contribution < 1.29 is 4.74 Å². The molecular weight excluding hydrogens is 234 g/mol. The Balaban J connectivity index is 1.99. The third kappa shape index (κ3) is 3.50. The topological polar surface area (TPSA) is 21.3 Å². The highest BCUT2D eigenvalue weighted by atomic mass is 16.5. The molecule has 1 saturated carbocycles. The predicted molar refractivity (Wildman–Crippen MR) is 80.5 cm³/mol. The molecule has 2 rings (SSSR count). The van der Waals surface area contributed by atoms with Crippen LogP contribution in [-0.2, 0) is 0 Å². The van der Waals surface area contributed by atoms with Crippen LogP contribution in [0.3, 0.4) is 0 Å². The van der Waals surface area contributed by atoms with Crippen molar-refractivity contribution in [1.29, 1.82) is 0 Å². The van der Waals surface area contributed by atoms with Gasteiger partial charge in [-0.2, -0.15) is 0 Å². The molecule has 0 bridgehead atoms. The highest BCUT2D eigenvalue weighted by molar-refractivity contribution is 5.35. The summed E-state index contributed by atoms with van der Waals surface area (Å²) < 4.78 is 5.45. The van der Waals surface area contributed by atoms with E-state index in [2.05, 4.69) is 38.2 Å². The van der Waals surface area contributed by atoms with E-state index in [1.54, 1.807) is 7.11 Å². The largest absolute Gasteiger partial charge is 0.496 e. The lowest BCUT2D eigenvalue weighted by Crippen LogP contribution is -2.37. The van der Waals surface area contributed by atoms with Crippen molar-refractivity contribution in [3.8, 4) is 5.75 Å². The zero-order valence-electron chi connectivity index (χ0n) is 12.6. The Bertz CT molecular complexity index is 404. The van der Waals surface area contributed by atoms with Gasteiger partial charge in [0, 0.05) is 17.6 Å². The number of hydrogen-bond donors (Lipinski definition) is 1. The van der Waals surface area contributed by atoms with Crippen molar-refractivity contribution >= 4 is 0 Å². The number of ether oxygens (including phenoxy) is 1. The van der Waals surface area contributed by atoms with E-state index in [1.165, 1.54) is 24.8 Å². The fourth-order valence-corrected chi connectivity index (χ4v) is 3.17. The molecular formula is C17H27NO. The van der Waals surface area contributed by atoms with Gasteiger partial charge in [0.15, 0.2) is 0 Å². The number of rotatable bonds is 4. The van der Waals surface area contributed by atoms with Gasteiger partial charge in [-0.25, -0.2) is 0 Å². The second kappa shape index (κ2) is 6.42. The molecule has 0 aliphatic heterocycles. The van der Waals surface area contributed by atoms with Crippen LogP contribution in [0.1, 0.15) is 51.6 Å². The molecule has 0 spiro atoms. The molecule has 0 radical (unpaired) electrons. The van der Waals surface area contributed by atoms with E-state index < -0.39 is 0 Å². The van der Waals surface area contributed by atoms with E-state index in [1.807, 2.05) is 12.1 Å². The van der Waals surface area contributed by atoms with Gasteiger partial charge >= 0.3 is 0 Å². The van der Waals surface area contributed by atoms with Crippen molar-refractivity contribution in [2.45, 2.75) is 52.1 Å². The monoisotopic (exact) mass is 261 g/mol. The summed E-state index contributed by atoms with van der Waals surface area (Å²) in [5, 5.41) is 3.78. The van der Waals surface area contributed by atoms with Gasteiger partial charge in [0.05, 0.1) is 7.11 Å². The minimum absolute atomic E-state index is 0.349. The quantitative estimate of drug-likeness (QED) is 0.878. The van der Waals surface area contributed by atoms with Crippen LogP contribution in [0.4, 0.5) is 0 Å². The normalized spacial score (nSPS) is 28.9. The van der Waals surface area contributed by atoms with E-state index in [0.717, 1.165) is 17.6 Å². The van der Waals surface area contributed by atoms with E-state index in [4.69, 9.17) is 4.74 Å². The standard InChI is InChI=1S/C17H27NO/c1-12-9-10-15(11-13(12)2)18-14(3)16-7-5-6-8-17(16)19-4/h5-8,12-15,18H,9-11H2,1-4H3. The van der Waals surface area contributed by atoms with Crippen molar-refractivity contribution in [3.05, 3.63) is 29.8 Å². The first-order valence-corrected chi connectivity index (χ1v) is 7.50. The van der Waals surface area contributed by atoms with Gasteiger partial charge in [-0.1, -0.05) is 32.0 Å². The zero-order valence-corrected chi connectivity index (χ0v) is 12.6. The molecule has 1 fully saturated rings. The molecule has 0 saturated heterocycles. The van der Waals surface area contributed by atoms with E-state index in [0.29, 0.717) is 12.1 Å². The minimum Gasteiger partial charge on any atom is -0.496 e. The summed E-state index contributed by atoms with van der Waals surface area (Å²) >= 11 is 0. The van der Waals surface area contributed by atoms with Crippen molar-refractivity contribution in [3.63, 3.8) is 0 Å². The number of nitrogens with one attached hydrogen (secondary N) is 1. The van der Waals surface area contributed by atoms with Gasteiger partial charge < -0.3 is 10.1 Å². The van der Waals surface area contributed by atoms with Gasteiger partial charge in [0.2, 0.25) is 0 Å². The Kier molecular flexibility index (Phi) is 4.87. The Morgan fingerprint density at radius 2 is 1.89 bits per heavy atom. The van der Waals surface area contributed by atoms with Gasteiger partial charge in [0.25, 0.3) is 0 Å². The van der Waals surface area contributed by atoms with Crippen LogP contribution in [0.25, 0.3) is 0 Å². The molecule has 0 amide bonds. The first-order chi connectivity index (χ1) is 9.11. The van der Waals surface area contributed by atoms with Crippen molar-refractivity contribution in [1.82, 2.24) is 5.32 Å². The Morgan fingerprint density at radius 1 is 1.16 bits per heavy atom. The summed E-state index contributed by atoms with van der Waals surface area (Å²) in [5.74, 6) is 2.69. The molecule has 4 atom stereocenters. The molecule has 106 valence electrons. The van der Waals surface area contributed by atoms with Crippen LogP contribution < -0.4 is 10.1 Å². The molecule has 2 nitrogen and oxygen atoms in total. The zero-order chi connectivity index (χ0) is 13.8. The van der Waals surface area contributed by atoms with E-state index in [-0.39, 0.29) is 0 Å². The Hall–Kier alpha value is -1.02. The van der Waals surface area contributed by atoms with E-state index >= 15 is 0 Å². The first kappa shape index (κ1) is 14.4.